The van der Waals surface area contributed by atoms with Crippen molar-refractivity contribution in [1.82, 2.24) is 24.5 Å². The number of nitrogens with one attached hydrogen (secondary N) is 2. The van der Waals surface area contributed by atoms with Gasteiger partial charge >= 0.3 is 11.8 Å². The van der Waals surface area contributed by atoms with Gasteiger partial charge in [-0.2, -0.15) is 4.68 Å². The minimum atomic E-state index is -1.53. The highest BCUT2D eigenvalue weighted by Crippen LogP contribution is 2.40. The van der Waals surface area contributed by atoms with E-state index in [1.807, 2.05) is 19.2 Å². The number of anilines is 1. The summed E-state index contributed by atoms with van der Waals surface area (Å²) in [5, 5.41) is 21.2. The number of aromatic nitrogens is 5. The van der Waals surface area contributed by atoms with Gasteiger partial charge in [0.2, 0.25) is 11.7 Å². The van der Waals surface area contributed by atoms with Gasteiger partial charge in [-0.1, -0.05) is 37.0 Å². The van der Waals surface area contributed by atoms with Gasteiger partial charge in [-0.15, -0.1) is 10.2 Å². The first-order valence-corrected chi connectivity index (χ1v) is 11.4. The quantitative estimate of drug-likeness (QED) is 0.441. The maximum absolute atomic E-state index is 13.3. The first-order valence-electron chi connectivity index (χ1n) is 10.7. The van der Waals surface area contributed by atoms with Crippen molar-refractivity contribution in [1.29, 1.82) is 0 Å². The average Bonchev–Trinajstić information content (AvgIpc) is 2.75. The van der Waals surface area contributed by atoms with Gasteiger partial charge in [0.15, 0.2) is 5.75 Å². The molecule has 0 spiro atoms. The molecule has 192 valence electrons. The number of aromatic amines is 1. The Balaban J connectivity index is 2.23. The molecular formula is C22H24Cl2N6O6. The van der Waals surface area contributed by atoms with E-state index in [0.717, 1.165) is 9.25 Å². The Morgan fingerprint density at radius 3 is 2.39 bits per heavy atom. The van der Waals surface area contributed by atoms with Crippen LogP contribution in [-0.4, -0.2) is 35.7 Å². The minimum absolute atomic E-state index is 0.00606. The monoisotopic (exact) mass is 538 g/mol. The molecule has 1 aromatic carbocycles. The van der Waals surface area contributed by atoms with Crippen molar-refractivity contribution in [2.24, 2.45) is 0 Å². The first kappa shape index (κ1) is 27.0. The van der Waals surface area contributed by atoms with Gasteiger partial charge in [0.1, 0.15) is 0 Å². The minimum Gasteiger partial charge on any atom is -0.465 e. The van der Waals surface area contributed by atoms with Crippen LogP contribution in [0.1, 0.15) is 51.7 Å². The smallest absolute Gasteiger partial charge is 0.410 e. The highest BCUT2D eigenvalue weighted by atomic mass is 35.5. The number of amides is 1. The van der Waals surface area contributed by atoms with Crippen LogP contribution < -0.4 is 26.9 Å². The van der Waals surface area contributed by atoms with Gasteiger partial charge < -0.3 is 9.84 Å². The molecule has 14 heteroatoms. The molecule has 0 saturated heterocycles. The zero-order valence-electron chi connectivity index (χ0n) is 20.3. The van der Waals surface area contributed by atoms with Crippen LogP contribution in [-0.2, 0) is 5.54 Å². The SMILES string of the molecule is Cc1c(-n2nc(NC(=O)O)c(=O)n(C(C)(C)C)c2=O)cc(Cl)c(Oc2cc(C(C)C)c(=O)[nH]n2)c1Cl. The zero-order chi connectivity index (χ0) is 27.1. The molecule has 0 radical (unpaired) electrons. The summed E-state index contributed by atoms with van der Waals surface area (Å²) in [7, 11) is 0. The Morgan fingerprint density at radius 2 is 1.83 bits per heavy atom. The van der Waals surface area contributed by atoms with Crippen LogP contribution in [0, 0.1) is 6.92 Å². The summed E-state index contributed by atoms with van der Waals surface area (Å²) < 4.78 is 7.47. The molecule has 1 amide bonds. The number of hydrogen-bond donors (Lipinski definition) is 3. The highest BCUT2D eigenvalue weighted by molar-refractivity contribution is 6.38. The number of carboxylic acid groups (broad SMARTS) is 1. The molecule has 3 aromatic rings. The van der Waals surface area contributed by atoms with Crippen molar-refractivity contribution in [3.63, 3.8) is 0 Å². The normalized spacial score (nSPS) is 11.6. The number of hydrogen-bond acceptors (Lipinski definition) is 7. The Hall–Kier alpha value is -3.64. The molecule has 0 aliphatic carbocycles. The Bertz CT molecular complexity index is 1530. The number of benzene rings is 1. The molecule has 3 rings (SSSR count). The van der Waals surface area contributed by atoms with Crippen molar-refractivity contribution in [3.8, 4) is 17.3 Å². The van der Waals surface area contributed by atoms with Crippen LogP contribution in [0.4, 0.5) is 10.6 Å². The molecule has 0 unspecified atom stereocenters. The lowest BCUT2D eigenvalue weighted by Gasteiger charge is -2.23. The fourth-order valence-electron chi connectivity index (χ4n) is 3.38. The van der Waals surface area contributed by atoms with Crippen LogP contribution in [0.2, 0.25) is 10.0 Å². The van der Waals surface area contributed by atoms with Crippen LogP contribution in [0.5, 0.6) is 11.6 Å². The molecule has 12 nitrogen and oxygen atoms in total. The first-order chi connectivity index (χ1) is 16.6. The lowest BCUT2D eigenvalue weighted by Crippen LogP contribution is -2.49. The Labute approximate surface area is 214 Å². The number of nitrogens with zero attached hydrogens (tertiary/aromatic N) is 4. The van der Waals surface area contributed by atoms with Crippen molar-refractivity contribution < 1.29 is 14.6 Å². The molecule has 0 aliphatic heterocycles. The summed E-state index contributed by atoms with van der Waals surface area (Å²) >= 11 is 13.0. The molecule has 2 aromatic heterocycles. The lowest BCUT2D eigenvalue weighted by atomic mass is 10.1. The van der Waals surface area contributed by atoms with E-state index in [1.165, 1.54) is 12.1 Å². The van der Waals surface area contributed by atoms with Gasteiger partial charge in [0, 0.05) is 17.2 Å². The Kier molecular flexibility index (Phi) is 7.32. The molecule has 0 fully saturated rings. The number of carbonyl (C=O) groups is 1. The molecule has 0 bridgehead atoms. The maximum atomic E-state index is 13.3. The van der Waals surface area contributed by atoms with Crippen molar-refractivity contribution in [3.05, 3.63) is 64.5 Å². The summed E-state index contributed by atoms with van der Waals surface area (Å²) in [4.78, 5) is 49.3. The number of rotatable bonds is 5. The topological polar surface area (TPSA) is 161 Å². The zero-order valence-corrected chi connectivity index (χ0v) is 21.8. The van der Waals surface area contributed by atoms with Gasteiger partial charge in [-0.05, 0) is 45.2 Å². The second kappa shape index (κ2) is 9.78. The number of halogens is 2. The summed E-state index contributed by atoms with van der Waals surface area (Å²) in [5.74, 6) is -0.629. The third kappa shape index (κ3) is 5.14. The summed E-state index contributed by atoms with van der Waals surface area (Å²) in [5.41, 5.74) is -2.29. The van der Waals surface area contributed by atoms with E-state index in [-0.39, 0.29) is 38.8 Å². The van der Waals surface area contributed by atoms with E-state index in [0.29, 0.717) is 11.1 Å². The lowest BCUT2D eigenvalue weighted by molar-refractivity contribution is 0.209. The van der Waals surface area contributed by atoms with E-state index >= 15 is 0 Å². The van der Waals surface area contributed by atoms with Crippen LogP contribution >= 0.6 is 23.2 Å². The average molecular weight is 539 g/mol. The third-order valence-electron chi connectivity index (χ3n) is 5.13. The fraction of sp³-hybridized carbons (Fsp3) is 0.364. The number of ether oxygens (including phenoxy) is 1. The van der Waals surface area contributed by atoms with Crippen LogP contribution in [0.25, 0.3) is 5.69 Å². The van der Waals surface area contributed by atoms with Crippen molar-refractivity contribution in [2.45, 2.75) is 53.0 Å². The van der Waals surface area contributed by atoms with Gasteiger partial charge in [-0.3, -0.25) is 19.5 Å². The van der Waals surface area contributed by atoms with E-state index < -0.39 is 28.7 Å². The van der Waals surface area contributed by atoms with Crippen molar-refractivity contribution in [2.75, 3.05) is 5.32 Å². The number of H-pyrrole nitrogens is 1. The van der Waals surface area contributed by atoms with Crippen LogP contribution in [0.15, 0.2) is 26.5 Å². The van der Waals surface area contributed by atoms with E-state index in [4.69, 9.17) is 33.0 Å². The fourth-order valence-corrected chi connectivity index (χ4v) is 3.91. The second-order valence-electron chi connectivity index (χ2n) is 9.18. The van der Waals surface area contributed by atoms with E-state index in [1.54, 1.807) is 27.7 Å². The Morgan fingerprint density at radius 1 is 1.19 bits per heavy atom. The molecule has 0 atom stereocenters. The van der Waals surface area contributed by atoms with E-state index in [9.17, 15) is 19.2 Å². The van der Waals surface area contributed by atoms with Crippen molar-refractivity contribution >= 4 is 35.1 Å². The second-order valence-corrected chi connectivity index (χ2v) is 9.96. The summed E-state index contributed by atoms with van der Waals surface area (Å²) in [6.45, 7) is 10.1. The summed E-state index contributed by atoms with van der Waals surface area (Å²) in [6.07, 6.45) is -1.53. The predicted octanol–water partition coefficient (Wildman–Crippen LogP) is 3.85. The van der Waals surface area contributed by atoms with E-state index in [2.05, 4.69) is 15.3 Å². The molecule has 36 heavy (non-hydrogen) atoms. The molecule has 3 N–H and O–H groups in total. The molecule has 0 saturated carbocycles. The van der Waals surface area contributed by atoms with Crippen LogP contribution in [0.3, 0.4) is 0 Å². The summed E-state index contributed by atoms with van der Waals surface area (Å²) in [6, 6.07) is 2.80. The maximum Gasteiger partial charge on any atom is 0.410 e. The van der Waals surface area contributed by atoms with Gasteiger partial charge in [0.25, 0.3) is 11.1 Å². The molecular weight excluding hydrogens is 515 g/mol. The predicted molar refractivity (Wildman–Crippen MR) is 135 cm³/mol. The molecule has 0 aliphatic rings. The molecule has 2 heterocycles. The standard InChI is InChI=1S/C22H24Cl2N6O6/c1-9(2)11-7-14(26-27-18(11)31)36-16-12(23)8-13(10(3)15(16)24)30-21(35)29(22(4,5)6)19(32)17(28-30)25-20(33)34/h7-9H,1-6H3,(H,25,28)(H,27,31)(H,33,34). The third-order valence-corrected chi connectivity index (χ3v) is 5.87. The van der Waals surface area contributed by atoms with Gasteiger partial charge in [-0.25, -0.2) is 14.7 Å². The van der Waals surface area contributed by atoms with Gasteiger partial charge in [0.05, 0.1) is 15.7 Å². The highest BCUT2D eigenvalue weighted by Gasteiger charge is 2.26. The largest absolute Gasteiger partial charge is 0.465 e.